The molecule has 0 radical (unpaired) electrons. The van der Waals surface area contributed by atoms with Gasteiger partial charge < -0.3 is 20.4 Å². The van der Waals surface area contributed by atoms with Gasteiger partial charge in [0.05, 0.1) is 17.4 Å². The van der Waals surface area contributed by atoms with Crippen molar-refractivity contribution in [1.29, 1.82) is 0 Å². The van der Waals surface area contributed by atoms with Gasteiger partial charge in [-0.2, -0.15) is 4.98 Å². The molecule has 170 valence electrons. The van der Waals surface area contributed by atoms with E-state index < -0.39 is 0 Å². The number of para-hydroxylation sites is 1. The summed E-state index contributed by atoms with van der Waals surface area (Å²) in [5.41, 5.74) is 3.20. The van der Waals surface area contributed by atoms with E-state index in [1.807, 2.05) is 42.3 Å². The molecule has 1 aromatic heterocycles. The zero-order valence-corrected chi connectivity index (χ0v) is 19.4. The van der Waals surface area contributed by atoms with Crippen molar-refractivity contribution < 1.29 is 4.79 Å². The first-order valence-electron chi connectivity index (χ1n) is 11.0. The van der Waals surface area contributed by atoms with Crippen molar-refractivity contribution in [2.24, 2.45) is 0 Å². The summed E-state index contributed by atoms with van der Waals surface area (Å²) in [6.07, 6.45) is 1.57. The second kappa shape index (κ2) is 8.88. The number of fused-ring (bicyclic) bond motifs is 1. The molecule has 2 aliphatic heterocycles. The monoisotopic (exact) mass is 463 g/mol. The highest BCUT2D eigenvalue weighted by atomic mass is 35.5. The van der Waals surface area contributed by atoms with Crippen molar-refractivity contribution in [2.45, 2.75) is 13.0 Å². The SMILES string of the molecule is C[C@H]1CNCCN1c1ccc(Nc2ncc3c(n2)N(C)CN(c2ccccc2Cl)C3=O)cc1. The van der Waals surface area contributed by atoms with Gasteiger partial charge in [0.1, 0.15) is 11.4 Å². The summed E-state index contributed by atoms with van der Waals surface area (Å²) < 4.78 is 0. The van der Waals surface area contributed by atoms with Gasteiger partial charge in [-0.1, -0.05) is 23.7 Å². The van der Waals surface area contributed by atoms with Gasteiger partial charge in [0.15, 0.2) is 0 Å². The quantitative estimate of drug-likeness (QED) is 0.610. The third-order valence-corrected chi connectivity index (χ3v) is 6.38. The Labute approximate surface area is 198 Å². The summed E-state index contributed by atoms with van der Waals surface area (Å²) in [5, 5.41) is 7.20. The molecule has 0 spiro atoms. The van der Waals surface area contributed by atoms with E-state index in [0.29, 0.717) is 40.8 Å². The number of carbonyl (C=O) groups excluding carboxylic acids is 1. The van der Waals surface area contributed by atoms with E-state index in [1.165, 1.54) is 5.69 Å². The van der Waals surface area contributed by atoms with Crippen LogP contribution in [0.25, 0.3) is 0 Å². The maximum Gasteiger partial charge on any atom is 0.265 e. The standard InChI is InChI=1S/C24H26ClN7O/c1-16-13-26-11-12-31(16)18-9-7-17(8-10-18)28-24-27-14-19-22(29-24)30(2)15-32(23(19)33)21-6-4-3-5-20(21)25/h3-10,14,16,26H,11-13,15H2,1-2H3,(H,27,28,29)/t16-/m0/s1. The minimum atomic E-state index is -0.169. The number of amides is 1. The van der Waals surface area contributed by atoms with Crippen molar-refractivity contribution in [2.75, 3.05) is 53.4 Å². The molecule has 3 heterocycles. The maximum atomic E-state index is 13.1. The minimum Gasteiger partial charge on any atom is -0.366 e. The number of hydrogen-bond donors (Lipinski definition) is 2. The molecule has 0 unspecified atom stereocenters. The summed E-state index contributed by atoms with van der Waals surface area (Å²) in [4.78, 5) is 28.1. The van der Waals surface area contributed by atoms with Gasteiger partial charge in [-0.05, 0) is 43.3 Å². The van der Waals surface area contributed by atoms with Crippen LogP contribution in [0.5, 0.6) is 0 Å². The maximum absolute atomic E-state index is 13.1. The predicted molar refractivity (Wildman–Crippen MR) is 133 cm³/mol. The van der Waals surface area contributed by atoms with E-state index in [9.17, 15) is 4.79 Å². The number of nitrogens with zero attached hydrogens (tertiary/aromatic N) is 5. The summed E-state index contributed by atoms with van der Waals surface area (Å²) in [5.74, 6) is 0.868. The molecular weight excluding hydrogens is 438 g/mol. The van der Waals surface area contributed by atoms with Crippen LogP contribution in [0.3, 0.4) is 0 Å². The summed E-state index contributed by atoms with van der Waals surface area (Å²) in [6.45, 7) is 5.55. The average Bonchev–Trinajstić information content (AvgIpc) is 2.83. The van der Waals surface area contributed by atoms with Crippen LogP contribution in [0.1, 0.15) is 17.3 Å². The molecule has 1 amide bonds. The van der Waals surface area contributed by atoms with Crippen LogP contribution in [0.4, 0.5) is 28.8 Å². The first kappa shape index (κ1) is 21.5. The number of carbonyl (C=O) groups is 1. The Balaban J connectivity index is 1.34. The third kappa shape index (κ3) is 4.19. The van der Waals surface area contributed by atoms with Gasteiger partial charge >= 0.3 is 0 Å². The van der Waals surface area contributed by atoms with Crippen LogP contribution in [-0.2, 0) is 0 Å². The Morgan fingerprint density at radius 3 is 2.70 bits per heavy atom. The van der Waals surface area contributed by atoms with Crippen LogP contribution in [0.2, 0.25) is 5.02 Å². The van der Waals surface area contributed by atoms with Crippen molar-refractivity contribution in [3.05, 3.63) is 65.3 Å². The molecule has 2 aliphatic rings. The number of benzene rings is 2. The molecule has 8 nitrogen and oxygen atoms in total. The normalized spacial score (nSPS) is 18.3. The van der Waals surface area contributed by atoms with Crippen LogP contribution in [0, 0.1) is 0 Å². The molecule has 1 saturated heterocycles. The number of anilines is 5. The molecular formula is C24H26ClN7O. The van der Waals surface area contributed by atoms with Crippen LogP contribution >= 0.6 is 11.6 Å². The number of hydrogen-bond acceptors (Lipinski definition) is 7. The van der Waals surface area contributed by atoms with Gasteiger partial charge in [0.2, 0.25) is 5.95 Å². The molecule has 1 fully saturated rings. The molecule has 5 rings (SSSR count). The Bertz CT molecular complexity index is 1170. The highest BCUT2D eigenvalue weighted by Crippen LogP contribution is 2.32. The molecule has 3 aromatic rings. The number of halogens is 1. The van der Waals surface area contributed by atoms with E-state index in [-0.39, 0.29) is 5.91 Å². The topological polar surface area (TPSA) is 76.6 Å². The number of rotatable bonds is 4. The number of piperazine rings is 1. The lowest BCUT2D eigenvalue weighted by Gasteiger charge is -2.36. The van der Waals surface area contributed by atoms with E-state index in [1.54, 1.807) is 17.2 Å². The van der Waals surface area contributed by atoms with Crippen molar-refractivity contribution in [3.63, 3.8) is 0 Å². The largest absolute Gasteiger partial charge is 0.366 e. The fourth-order valence-electron chi connectivity index (χ4n) is 4.31. The van der Waals surface area contributed by atoms with Gasteiger partial charge in [-0.15, -0.1) is 0 Å². The predicted octanol–water partition coefficient (Wildman–Crippen LogP) is 3.73. The Kier molecular flexibility index (Phi) is 5.78. The Hall–Kier alpha value is -3.36. The van der Waals surface area contributed by atoms with Gasteiger partial charge in [-0.3, -0.25) is 9.69 Å². The molecule has 1 atom stereocenters. The number of nitrogens with one attached hydrogen (secondary N) is 2. The summed E-state index contributed by atoms with van der Waals surface area (Å²) >= 11 is 6.32. The van der Waals surface area contributed by atoms with E-state index in [0.717, 1.165) is 25.3 Å². The van der Waals surface area contributed by atoms with Crippen molar-refractivity contribution in [1.82, 2.24) is 15.3 Å². The molecule has 0 aliphatic carbocycles. The lowest BCUT2D eigenvalue weighted by Crippen LogP contribution is -2.49. The van der Waals surface area contributed by atoms with E-state index in [2.05, 4.69) is 44.6 Å². The average molecular weight is 464 g/mol. The summed E-state index contributed by atoms with van der Waals surface area (Å²) in [6, 6.07) is 16.1. The molecule has 2 N–H and O–H groups in total. The smallest absolute Gasteiger partial charge is 0.265 e. The van der Waals surface area contributed by atoms with Gasteiger partial charge in [0.25, 0.3) is 5.91 Å². The van der Waals surface area contributed by atoms with Gasteiger partial charge in [0, 0.05) is 50.3 Å². The lowest BCUT2D eigenvalue weighted by atomic mass is 10.1. The van der Waals surface area contributed by atoms with Crippen molar-refractivity contribution in [3.8, 4) is 0 Å². The first-order valence-corrected chi connectivity index (χ1v) is 11.4. The second-order valence-corrected chi connectivity index (χ2v) is 8.78. The molecule has 2 aromatic carbocycles. The van der Waals surface area contributed by atoms with Crippen LogP contribution in [-0.4, -0.2) is 55.3 Å². The van der Waals surface area contributed by atoms with E-state index >= 15 is 0 Å². The zero-order valence-electron chi connectivity index (χ0n) is 18.6. The lowest BCUT2D eigenvalue weighted by molar-refractivity contribution is 0.0982. The Morgan fingerprint density at radius 1 is 1.15 bits per heavy atom. The molecule has 9 heteroatoms. The van der Waals surface area contributed by atoms with E-state index in [4.69, 9.17) is 11.6 Å². The third-order valence-electron chi connectivity index (χ3n) is 6.06. The molecule has 0 bridgehead atoms. The van der Waals surface area contributed by atoms with Crippen LogP contribution < -0.4 is 25.3 Å². The minimum absolute atomic E-state index is 0.169. The number of aromatic nitrogens is 2. The highest BCUT2D eigenvalue weighted by Gasteiger charge is 2.31. The Morgan fingerprint density at radius 2 is 1.94 bits per heavy atom. The zero-order chi connectivity index (χ0) is 22.9. The highest BCUT2D eigenvalue weighted by molar-refractivity contribution is 6.34. The summed E-state index contributed by atoms with van der Waals surface area (Å²) in [7, 11) is 1.90. The fraction of sp³-hybridized carbons (Fsp3) is 0.292. The first-order chi connectivity index (χ1) is 16.0. The fourth-order valence-corrected chi connectivity index (χ4v) is 4.55. The second-order valence-electron chi connectivity index (χ2n) is 8.37. The van der Waals surface area contributed by atoms with Crippen molar-refractivity contribution >= 4 is 46.3 Å². The van der Waals surface area contributed by atoms with Crippen LogP contribution in [0.15, 0.2) is 54.7 Å². The molecule has 33 heavy (non-hydrogen) atoms. The molecule has 0 saturated carbocycles. The van der Waals surface area contributed by atoms with Gasteiger partial charge in [-0.25, -0.2) is 4.98 Å².